The van der Waals surface area contributed by atoms with Crippen LogP contribution in [-0.4, -0.2) is 27.1 Å². The first-order valence-corrected chi connectivity index (χ1v) is 5.99. The second kappa shape index (κ2) is 4.84. The Morgan fingerprint density at radius 2 is 2.29 bits per heavy atom. The Hall–Kier alpha value is -0.480. The molecule has 0 bridgehead atoms. The summed E-state index contributed by atoms with van der Waals surface area (Å²) in [6, 6.07) is 0. The summed E-state index contributed by atoms with van der Waals surface area (Å²) >= 11 is 1.88. The molecule has 0 aliphatic rings. The normalized spacial score (nSPS) is 12.0. The molecule has 3 nitrogen and oxygen atoms in total. The van der Waals surface area contributed by atoms with Crippen LogP contribution in [-0.2, 0) is 13.6 Å². The number of hydrogen-bond donors (Lipinski definition) is 1. The van der Waals surface area contributed by atoms with Crippen molar-refractivity contribution in [1.82, 2.24) is 14.9 Å². The molecule has 4 heteroatoms. The van der Waals surface area contributed by atoms with Gasteiger partial charge in [0.1, 0.15) is 0 Å². The topological polar surface area (TPSA) is 29.9 Å². The van der Waals surface area contributed by atoms with Crippen molar-refractivity contribution in [2.75, 3.05) is 12.8 Å². The Balaban J connectivity index is 2.32. The predicted molar refractivity (Wildman–Crippen MR) is 62.5 cm³/mol. The molecule has 0 fully saturated rings. The van der Waals surface area contributed by atoms with Crippen LogP contribution in [0.2, 0.25) is 0 Å². The standard InChI is InChI=1S/C10H19N3S/c1-10(2,14-4)7-11-5-9-6-12-8-13(9)3/h6,8,11H,5,7H2,1-4H3. The van der Waals surface area contributed by atoms with Crippen molar-refractivity contribution in [1.29, 1.82) is 0 Å². The smallest absolute Gasteiger partial charge is 0.0945 e. The third-order valence-electron chi connectivity index (χ3n) is 2.33. The maximum Gasteiger partial charge on any atom is 0.0945 e. The first kappa shape index (κ1) is 11.6. The van der Waals surface area contributed by atoms with Crippen molar-refractivity contribution in [2.24, 2.45) is 7.05 Å². The van der Waals surface area contributed by atoms with Gasteiger partial charge in [-0.25, -0.2) is 4.98 Å². The summed E-state index contributed by atoms with van der Waals surface area (Å²) in [5, 5.41) is 3.44. The zero-order chi connectivity index (χ0) is 10.6. The lowest BCUT2D eigenvalue weighted by atomic mass is 10.2. The minimum Gasteiger partial charge on any atom is -0.337 e. The predicted octanol–water partition coefficient (Wildman–Crippen LogP) is 1.65. The molecule has 0 aromatic carbocycles. The van der Waals surface area contributed by atoms with Gasteiger partial charge in [0.25, 0.3) is 0 Å². The van der Waals surface area contributed by atoms with Gasteiger partial charge in [0.15, 0.2) is 0 Å². The van der Waals surface area contributed by atoms with Crippen LogP contribution in [0.1, 0.15) is 19.5 Å². The molecule has 0 amide bonds. The van der Waals surface area contributed by atoms with Gasteiger partial charge in [0.2, 0.25) is 0 Å². The Morgan fingerprint density at radius 3 is 2.79 bits per heavy atom. The minimum absolute atomic E-state index is 0.304. The molecule has 1 N–H and O–H groups in total. The highest BCUT2D eigenvalue weighted by Crippen LogP contribution is 2.19. The summed E-state index contributed by atoms with van der Waals surface area (Å²) in [7, 11) is 2.02. The number of nitrogens with one attached hydrogen (secondary N) is 1. The maximum atomic E-state index is 4.07. The quantitative estimate of drug-likeness (QED) is 0.806. The van der Waals surface area contributed by atoms with E-state index in [0.717, 1.165) is 13.1 Å². The van der Waals surface area contributed by atoms with Crippen LogP contribution in [0, 0.1) is 0 Å². The summed E-state index contributed by atoms with van der Waals surface area (Å²) in [6.07, 6.45) is 5.88. The third-order valence-corrected chi connectivity index (χ3v) is 3.58. The molecule has 1 aromatic heterocycles. The summed E-state index contributed by atoms with van der Waals surface area (Å²) in [5.41, 5.74) is 1.22. The first-order chi connectivity index (χ1) is 6.55. The number of aryl methyl sites for hydroxylation is 1. The molecule has 80 valence electrons. The van der Waals surface area contributed by atoms with Crippen LogP contribution in [0.3, 0.4) is 0 Å². The second-order valence-corrected chi connectivity index (χ2v) is 5.58. The Labute approximate surface area is 90.3 Å². The zero-order valence-corrected chi connectivity index (χ0v) is 10.2. The van der Waals surface area contributed by atoms with E-state index in [1.165, 1.54) is 5.69 Å². The molecule has 0 saturated carbocycles. The highest BCUT2D eigenvalue weighted by atomic mass is 32.2. The van der Waals surface area contributed by atoms with E-state index in [-0.39, 0.29) is 0 Å². The lowest BCUT2D eigenvalue weighted by Gasteiger charge is -2.22. The molecule has 0 spiro atoms. The van der Waals surface area contributed by atoms with Crippen molar-refractivity contribution in [2.45, 2.75) is 25.1 Å². The van der Waals surface area contributed by atoms with Crippen LogP contribution in [0.15, 0.2) is 12.5 Å². The number of rotatable bonds is 5. The van der Waals surface area contributed by atoms with Crippen molar-refractivity contribution in [3.63, 3.8) is 0 Å². The summed E-state index contributed by atoms with van der Waals surface area (Å²) in [4.78, 5) is 4.07. The Bertz CT molecular complexity index is 281. The van der Waals surface area contributed by atoms with Gasteiger partial charge in [-0.15, -0.1) is 0 Å². The summed E-state index contributed by atoms with van der Waals surface area (Å²) in [6.45, 7) is 6.39. The zero-order valence-electron chi connectivity index (χ0n) is 9.37. The first-order valence-electron chi connectivity index (χ1n) is 4.76. The van der Waals surface area contributed by atoms with Gasteiger partial charge in [-0.3, -0.25) is 0 Å². The van der Waals surface area contributed by atoms with E-state index in [1.807, 2.05) is 35.9 Å². The molecule has 0 atom stereocenters. The summed E-state index contributed by atoms with van der Waals surface area (Å²) < 4.78 is 2.34. The largest absolute Gasteiger partial charge is 0.337 e. The molecular formula is C10H19N3S. The van der Waals surface area contributed by atoms with Gasteiger partial charge >= 0.3 is 0 Å². The maximum absolute atomic E-state index is 4.07. The van der Waals surface area contributed by atoms with Crippen LogP contribution < -0.4 is 5.32 Å². The molecule has 0 radical (unpaired) electrons. The van der Waals surface area contributed by atoms with E-state index < -0.39 is 0 Å². The molecule has 0 aliphatic carbocycles. The van der Waals surface area contributed by atoms with Gasteiger partial charge < -0.3 is 9.88 Å². The van der Waals surface area contributed by atoms with E-state index in [0.29, 0.717) is 4.75 Å². The number of nitrogens with zero attached hydrogens (tertiary/aromatic N) is 2. The second-order valence-electron chi connectivity index (χ2n) is 4.06. The van der Waals surface area contributed by atoms with E-state index in [9.17, 15) is 0 Å². The Morgan fingerprint density at radius 1 is 1.57 bits per heavy atom. The Kier molecular flexibility index (Phi) is 4.01. The SMILES string of the molecule is CSC(C)(C)CNCc1cncn1C. The molecule has 14 heavy (non-hydrogen) atoms. The fraction of sp³-hybridized carbons (Fsp3) is 0.700. The van der Waals surface area contributed by atoms with Gasteiger partial charge in [-0.2, -0.15) is 11.8 Å². The number of thioether (sulfide) groups is 1. The molecule has 0 aliphatic heterocycles. The van der Waals surface area contributed by atoms with Gasteiger partial charge in [-0.1, -0.05) is 0 Å². The van der Waals surface area contributed by atoms with Crippen LogP contribution >= 0.6 is 11.8 Å². The number of imidazole rings is 1. The van der Waals surface area contributed by atoms with Crippen LogP contribution in [0.4, 0.5) is 0 Å². The van der Waals surface area contributed by atoms with E-state index in [4.69, 9.17) is 0 Å². The van der Waals surface area contributed by atoms with Gasteiger partial charge in [0.05, 0.1) is 12.0 Å². The van der Waals surface area contributed by atoms with Gasteiger partial charge in [-0.05, 0) is 20.1 Å². The monoisotopic (exact) mass is 213 g/mol. The van der Waals surface area contributed by atoms with Crippen molar-refractivity contribution < 1.29 is 0 Å². The molecular weight excluding hydrogens is 194 g/mol. The van der Waals surface area contributed by atoms with E-state index in [1.54, 1.807) is 0 Å². The summed E-state index contributed by atoms with van der Waals surface area (Å²) in [5.74, 6) is 0. The third kappa shape index (κ3) is 3.35. The average molecular weight is 213 g/mol. The molecule has 1 aromatic rings. The lowest BCUT2D eigenvalue weighted by molar-refractivity contribution is 0.577. The highest BCUT2D eigenvalue weighted by molar-refractivity contribution is 7.99. The number of hydrogen-bond acceptors (Lipinski definition) is 3. The van der Waals surface area contributed by atoms with Gasteiger partial charge in [0, 0.05) is 31.1 Å². The fourth-order valence-corrected chi connectivity index (χ4v) is 1.37. The number of aromatic nitrogens is 2. The fourth-order valence-electron chi connectivity index (χ4n) is 1.12. The molecule has 1 rings (SSSR count). The van der Waals surface area contributed by atoms with Crippen molar-refractivity contribution >= 4 is 11.8 Å². The van der Waals surface area contributed by atoms with E-state index >= 15 is 0 Å². The molecule has 0 saturated heterocycles. The van der Waals surface area contributed by atoms with Crippen molar-refractivity contribution in [3.05, 3.63) is 18.2 Å². The van der Waals surface area contributed by atoms with Crippen LogP contribution in [0.5, 0.6) is 0 Å². The van der Waals surface area contributed by atoms with E-state index in [2.05, 4.69) is 30.4 Å². The molecule has 1 heterocycles. The van der Waals surface area contributed by atoms with Crippen LogP contribution in [0.25, 0.3) is 0 Å². The molecule has 0 unspecified atom stereocenters. The van der Waals surface area contributed by atoms with Crippen molar-refractivity contribution in [3.8, 4) is 0 Å². The minimum atomic E-state index is 0.304. The highest BCUT2D eigenvalue weighted by Gasteiger charge is 2.14. The lowest BCUT2D eigenvalue weighted by Crippen LogP contribution is -2.31. The average Bonchev–Trinajstić information content (AvgIpc) is 2.52.